The third kappa shape index (κ3) is 4.74. The molecule has 118 valence electrons. The summed E-state index contributed by atoms with van der Waals surface area (Å²) in [6, 6.07) is 0. The molecule has 1 rings (SSSR count). The minimum absolute atomic E-state index is 0.207. The molecule has 20 heavy (non-hydrogen) atoms. The predicted molar refractivity (Wildman–Crippen MR) is 82.5 cm³/mol. The van der Waals surface area contributed by atoms with Crippen LogP contribution in [-0.4, -0.2) is 43.2 Å². The second-order valence-corrected chi connectivity index (χ2v) is 7.44. The van der Waals surface area contributed by atoms with Gasteiger partial charge in [-0.2, -0.15) is 0 Å². The van der Waals surface area contributed by atoms with Crippen molar-refractivity contribution >= 4 is 5.97 Å². The molecule has 0 radical (unpaired) electrons. The highest BCUT2D eigenvalue weighted by molar-refractivity contribution is 5.81. The molecule has 2 unspecified atom stereocenters. The van der Waals surface area contributed by atoms with Crippen molar-refractivity contribution in [2.24, 2.45) is 17.1 Å². The molecule has 1 fully saturated rings. The fourth-order valence-corrected chi connectivity index (χ4v) is 3.30. The summed E-state index contributed by atoms with van der Waals surface area (Å²) < 4.78 is 5.17. The van der Waals surface area contributed by atoms with Gasteiger partial charge in [-0.05, 0) is 51.1 Å². The van der Waals surface area contributed by atoms with Crippen molar-refractivity contribution in [1.82, 2.24) is 4.90 Å². The molecule has 0 saturated heterocycles. The van der Waals surface area contributed by atoms with E-state index in [0.29, 0.717) is 12.0 Å². The monoisotopic (exact) mass is 284 g/mol. The van der Waals surface area contributed by atoms with Gasteiger partial charge in [0.05, 0.1) is 6.61 Å². The lowest BCUT2D eigenvalue weighted by Gasteiger charge is -2.32. The summed E-state index contributed by atoms with van der Waals surface area (Å²) in [4.78, 5) is 14.4. The Balaban J connectivity index is 2.52. The summed E-state index contributed by atoms with van der Waals surface area (Å²) in [6.45, 7) is 11.0. The summed E-state index contributed by atoms with van der Waals surface area (Å²) in [5, 5.41) is 0. The molecule has 0 spiro atoms. The van der Waals surface area contributed by atoms with Crippen LogP contribution in [0.4, 0.5) is 0 Å². The molecule has 0 aromatic rings. The first-order chi connectivity index (χ1) is 9.19. The number of rotatable bonds is 6. The van der Waals surface area contributed by atoms with Crippen LogP contribution in [0.2, 0.25) is 0 Å². The number of carbonyl (C=O) groups excluding carboxylic acids is 1. The molecule has 0 bridgehead atoms. The second-order valence-electron chi connectivity index (χ2n) is 7.44. The van der Waals surface area contributed by atoms with E-state index in [1.54, 1.807) is 0 Å². The summed E-state index contributed by atoms with van der Waals surface area (Å²) in [5.41, 5.74) is 5.90. The number of carbonyl (C=O) groups is 1. The maximum absolute atomic E-state index is 12.1. The largest absolute Gasteiger partial charge is 0.465 e. The Bertz CT molecular complexity index is 325. The van der Waals surface area contributed by atoms with Crippen molar-refractivity contribution < 1.29 is 9.53 Å². The van der Waals surface area contributed by atoms with Crippen LogP contribution < -0.4 is 5.73 Å². The van der Waals surface area contributed by atoms with Crippen LogP contribution in [0.15, 0.2) is 0 Å². The SMILES string of the molecule is CCOC(=O)C1(N)CCCC1CCN(C)CC(C)(C)C. The van der Waals surface area contributed by atoms with Gasteiger partial charge in [0.2, 0.25) is 0 Å². The Morgan fingerprint density at radius 1 is 1.45 bits per heavy atom. The lowest BCUT2D eigenvalue weighted by atomic mass is 9.85. The molecule has 0 aromatic heterocycles. The fourth-order valence-electron chi connectivity index (χ4n) is 3.30. The third-order valence-electron chi connectivity index (χ3n) is 4.13. The summed E-state index contributed by atoms with van der Waals surface area (Å²) in [7, 11) is 2.14. The van der Waals surface area contributed by atoms with Crippen molar-refractivity contribution in [2.75, 3.05) is 26.7 Å². The average molecular weight is 284 g/mol. The molecule has 1 aliphatic rings. The van der Waals surface area contributed by atoms with Gasteiger partial charge in [0, 0.05) is 6.54 Å². The lowest BCUT2D eigenvalue weighted by Crippen LogP contribution is -2.52. The van der Waals surface area contributed by atoms with Gasteiger partial charge < -0.3 is 15.4 Å². The Hall–Kier alpha value is -0.610. The first-order valence-electron chi connectivity index (χ1n) is 7.83. The topological polar surface area (TPSA) is 55.6 Å². The molecule has 0 heterocycles. The van der Waals surface area contributed by atoms with Crippen LogP contribution in [0.1, 0.15) is 53.4 Å². The van der Waals surface area contributed by atoms with Crippen LogP contribution in [-0.2, 0) is 9.53 Å². The van der Waals surface area contributed by atoms with Crippen molar-refractivity contribution in [2.45, 2.75) is 58.9 Å². The number of nitrogens with two attached hydrogens (primary N) is 1. The highest BCUT2D eigenvalue weighted by Crippen LogP contribution is 2.37. The predicted octanol–water partition coefficient (Wildman–Crippen LogP) is 2.42. The molecule has 4 heteroatoms. The molecule has 4 nitrogen and oxygen atoms in total. The maximum Gasteiger partial charge on any atom is 0.326 e. The molecule has 2 N–H and O–H groups in total. The molecular weight excluding hydrogens is 252 g/mol. The summed E-state index contributed by atoms with van der Waals surface area (Å²) in [5.74, 6) is 0.0462. The van der Waals surface area contributed by atoms with E-state index in [-0.39, 0.29) is 11.9 Å². The van der Waals surface area contributed by atoms with Gasteiger partial charge in [-0.3, -0.25) is 4.79 Å². The van der Waals surface area contributed by atoms with Gasteiger partial charge >= 0.3 is 5.97 Å². The molecule has 1 aliphatic carbocycles. The zero-order chi connectivity index (χ0) is 15.4. The molecular formula is C16H32N2O2. The van der Waals surface area contributed by atoms with Crippen LogP contribution in [0.3, 0.4) is 0 Å². The quantitative estimate of drug-likeness (QED) is 0.761. The minimum Gasteiger partial charge on any atom is -0.465 e. The van der Waals surface area contributed by atoms with E-state index in [1.165, 1.54) is 0 Å². The Morgan fingerprint density at radius 2 is 2.10 bits per heavy atom. The van der Waals surface area contributed by atoms with Gasteiger partial charge in [0.15, 0.2) is 0 Å². The van der Waals surface area contributed by atoms with Crippen molar-refractivity contribution in [1.29, 1.82) is 0 Å². The number of ether oxygens (including phenoxy) is 1. The second kappa shape index (κ2) is 6.90. The number of hydrogen-bond donors (Lipinski definition) is 1. The molecule has 0 aromatic carbocycles. The minimum atomic E-state index is -0.751. The molecule has 1 saturated carbocycles. The van der Waals surface area contributed by atoms with Gasteiger partial charge in [-0.1, -0.05) is 27.2 Å². The summed E-state index contributed by atoms with van der Waals surface area (Å²) >= 11 is 0. The molecule has 2 atom stereocenters. The number of nitrogens with zero attached hydrogens (tertiary/aromatic N) is 1. The van der Waals surface area contributed by atoms with Crippen molar-refractivity contribution in [3.8, 4) is 0 Å². The highest BCUT2D eigenvalue weighted by atomic mass is 16.5. The van der Waals surface area contributed by atoms with Crippen LogP contribution >= 0.6 is 0 Å². The van der Waals surface area contributed by atoms with Gasteiger partial charge in [-0.15, -0.1) is 0 Å². The Kier molecular flexibility index (Phi) is 6.02. The van der Waals surface area contributed by atoms with E-state index in [0.717, 1.165) is 38.8 Å². The van der Waals surface area contributed by atoms with Crippen molar-refractivity contribution in [3.05, 3.63) is 0 Å². The number of hydrogen-bond acceptors (Lipinski definition) is 4. The number of esters is 1. The maximum atomic E-state index is 12.1. The highest BCUT2D eigenvalue weighted by Gasteiger charge is 2.46. The first-order valence-corrected chi connectivity index (χ1v) is 7.83. The Labute approximate surface area is 124 Å². The third-order valence-corrected chi connectivity index (χ3v) is 4.13. The van der Waals surface area contributed by atoms with Crippen LogP contribution in [0.25, 0.3) is 0 Å². The van der Waals surface area contributed by atoms with Crippen molar-refractivity contribution in [3.63, 3.8) is 0 Å². The van der Waals surface area contributed by atoms with Gasteiger partial charge in [0.1, 0.15) is 5.54 Å². The summed E-state index contributed by atoms with van der Waals surface area (Å²) in [6.07, 6.45) is 3.81. The van der Waals surface area contributed by atoms with E-state index in [1.807, 2.05) is 6.92 Å². The smallest absolute Gasteiger partial charge is 0.326 e. The molecule has 0 amide bonds. The van der Waals surface area contributed by atoms with Gasteiger partial charge in [-0.25, -0.2) is 0 Å². The van der Waals surface area contributed by atoms with E-state index >= 15 is 0 Å². The van der Waals surface area contributed by atoms with E-state index in [2.05, 4.69) is 32.7 Å². The Morgan fingerprint density at radius 3 is 2.65 bits per heavy atom. The van der Waals surface area contributed by atoms with Crippen LogP contribution in [0.5, 0.6) is 0 Å². The average Bonchev–Trinajstić information content (AvgIpc) is 2.67. The standard InChI is InChI=1S/C16H32N2O2/c1-6-20-14(19)16(17)10-7-8-13(16)9-11-18(5)12-15(2,3)4/h13H,6-12,17H2,1-5H3. The normalized spacial score (nSPS) is 27.1. The first kappa shape index (κ1) is 17.4. The lowest BCUT2D eigenvalue weighted by molar-refractivity contribution is -0.151. The zero-order valence-corrected chi connectivity index (χ0v) is 13.9. The zero-order valence-electron chi connectivity index (χ0n) is 13.9. The molecule has 0 aliphatic heterocycles. The van der Waals surface area contributed by atoms with Crippen LogP contribution in [0, 0.1) is 11.3 Å². The van der Waals surface area contributed by atoms with E-state index < -0.39 is 5.54 Å². The fraction of sp³-hybridized carbons (Fsp3) is 0.938. The van der Waals surface area contributed by atoms with E-state index in [9.17, 15) is 4.79 Å². The van der Waals surface area contributed by atoms with E-state index in [4.69, 9.17) is 10.5 Å². The van der Waals surface area contributed by atoms with Gasteiger partial charge in [0.25, 0.3) is 0 Å².